The minimum absolute atomic E-state index is 0.143. The Morgan fingerprint density at radius 3 is 2.21 bits per heavy atom. The molecule has 0 fully saturated rings. The Labute approximate surface area is 103 Å². The molecule has 0 saturated carbocycles. The number of rotatable bonds is 4. The van der Waals surface area contributed by atoms with Crippen molar-refractivity contribution in [3.8, 4) is 5.75 Å². The largest absolute Gasteiger partial charge is 0.467 e. The molecular formula is C10H9F6NO2. The van der Waals surface area contributed by atoms with E-state index in [-0.39, 0.29) is 5.69 Å². The summed E-state index contributed by atoms with van der Waals surface area (Å²) in [7, 11) is 0. The molecule has 0 atom stereocenters. The number of nitrogens with two attached hydrogens (primary N) is 1. The van der Waals surface area contributed by atoms with Gasteiger partial charge in [0.05, 0.1) is 5.56 Å². The van der Waals surface area contributed by atoms with Crippen molar-refractivity contribution in [3.05, 3.63) is 23.8 Å². The Hall–Kier alpha value is -1.64. The van der Waals surface area contributed by atoms with Gasteiger partial charge in [-0.15, -0.1) is 0 Å². The van der Waals surface area contributed by atoms with Crippen LogP contribution in [0.1, 0.15) is 5.56 Å². The van der Waals surface area contributed by atoms with Gasteiger partial charge in [0.1, 0.15) is 12.4 Å². The molecule has 0 unspecified atom stereocenters. The number of ether oxygens (including phenoxy) is 2. The fourth-order valence-electron chi connectivity index (χ4n) is 1.16. The van der Waals surface area contributed by atoms with Crippen molar-refractivity contribution < 1.29 is 35.8 Å². The van der Waals surface area contributed by atoms with Crippen LogP contribution in [0.3, 0.4) is 0 Å². The number of hydrogen-bond acceptors (Lipinski definition) is 3. The van der Waals surface area contributed by atoms with Crippen molar-refractivity contribution in [3.63, 3.8) is 0 Å². The van der Waals surface area contributed by atoms with E-state index in [1.165, 1.54) is 0 Å². The molecule has 0 saturated heterocycles. The van der Waals surface area contributed by atoms with E-state index in [4.69, 9.17) is 5.73 Å². The van der Waals surface area contributed by atoms with Crippen molar-refractivity contribution >= 4 is 5.69 Å². The molecule has 0 aromatic heterocycles. The zero-order valence-electron chi connectivity index (χ0n) is 9.31. The van der Waals surface area contributed by atoms with Gasteiger partial charge in [-0.05, 0) is 18.2 Å². The SMILES string of the molecule is Nc1ccc(OCOCC(F)(F)F)c(C(F)(F)F)c1. The molecule has 3 nitrogen and oxygen atoms in total. The lowest BCUT2D eigenvalue weighted by Crippen LogP contribution is -2.19. The van der Waals surface area contributed by atoms with Gasteiger partial charge in [0.15, 0.2) is 6.79 Å². The molecule has 1 rings (SSSR count). The lowest BCUT2D eigenvalue weighted by molar-refractivity contribution is -0.187. The third-order valence-electron chi connectivity index (χ3n) is 1.87. The van der Waals surface area contributed by atoms with E-state index >= 15 is 0 Å². The fraction of sp³-hybridized carbons (Fsp3) is 0.400. The highest BCUT2D eigenvalue weighted by Crippen LogP contribution is 2.37. The number of benzene rings is 1. The fourth-order valence-corrected chi connectivity index (χ4v) is 1.16. The van der Waals surface area contributed by atoms with Crippen LogP contribution in [0, 0.1) is 0 Å². The van der Waals surface area contributed by atoms with Crippen LogP contribution in [0.25, 0.3) is 0 Å². The first-order valence-electron chi connectivity index (χ1n) is 4.83. The predicted molar refractivity (Wildman–Crippen MR) is 53.4 cm³/mol. The number of halogens is 6. The Balaban J connectivity index is 2.68. The molecule has 9 heteroatoms. The maximum Gasteiger partial charge on any atom is 0.420 e. The summed E-state index contributed by atoms with van der Waals surface area (Å²) in [5.41, 5.74) is 3.88. The summed E-state index contributed by atoms with van der Waals surface area (Å²) in [4.78, 5) is 0. The van der Waals surface area contributed by atoms with Gasteiger partial charge in [0, 0.05) is 5.69 Å². The van der Waals surface area contributed by atoms with Crippen LogP contribution in [0.2, 0.25) is 0 Å². The molecule has 0 bridgehead atoms. The number of alkyl halides is 6. The zero-order chi connectivity index (χ0) is 14.7. The van der Waals surface area contributed by atoms with Crippen LogP contribution in [0.15, 0.2) is 18.2 Å². The van der Waals surface area contributed by atoms with Gasteiger partial charge < -0.3 is 15.2 Å². The monoisotopic (exact) mass is 289 g/mol. The van der Waals surface area contributed by atoms with Crippen molar-refractivity contribution in [1.82, 2.24) is 0 Å². The van der Waals surface area contributed by atoms with Crippen LogP contribution in [0.5, 0.6) is 5.75 Å². The first-order valence-corrected chi connectivity index (χ1v) is 4.83. The molecule has 0 aliphatic carbocycles. The van der Waals surface area contributed by atoms with Crippen LogP contribution in [-0.2, 0) is 10.9 Å². The van der Waals surface area contributed by atoms with Gasteiger partial charge in [-0.25, -0.2) is 0 Å². The molecule has 19 heavy (non-hydrogen) atoms. The maximum absolute atomic E-state index is 12.6. The standard InChI is InChI=1S/C10H9F6NO2/c11-9(12,13)4-18-5-19-8-2-1-6(17)3-7(8)10(14,15)16/h1-3H,4-5,17H2. The normalized spacial score (nSPS) is 12.5. The Bertz CT molecular complexity index is 429. The Kier molecular flexibility index (Phi) is 4.51. The van der Waals surface area contributed by atoms with Gasteiger partial charge >= 0.3 is 12.4 Å². The van der Waals surface area contributed by atoms with Crippen molar-refractivity contribution in [2.45, 2.75) is 12.4 Å². The number of hydrogen-bond donors (Lipinski definition) is 1. The molecule has 0 aliphatic heterocycles. The second-order valence-electron chi connectivity index (χ2n) is 3.48. The van der Waals surface area contributed by atoms with E-state index in [1.807, 2.05) is 0 Å². The minimum atomic E-state index is -4.73. The van der Waals surface area contributed by atoms with Gasteiger partial charge in [-0.2, -0.15) is 26.3 Å². The van der Waals surface area contributed by atoms with Crippen molar-refractivity contribution in [2.24, 2.45) is 0 Å². The highest BCUT2D eigenvalue weighted by atomic mass is 19.4. The average molecular weight is 289 g/mol. The van der Waals surface area contributed by atoms with Gasteiger partial charge in [-0.3, -0.25) is 0 Å². The van der Waals surface area contributed by atoms with Gasteiger partial charge in [0.25, 0.3) is 0 Å². The van der Waals surface area contributed by atoms with E-state index < -0.39 is 37.1 Å². The third-order valence-corrected chi connectivity index (χ3v) is 1.87. The summed E-state index contributed by atoms with van der Waals surface area (Å²) < 4.78 is 81.5. The van der Waals surface area contributed by atoms with E-state index in [2.05, 4.69) is 9.47 Å². The summed E-state index contributed by atoms with van der Waals surface area (Å²) in [5.74, 6) is -0.649. The van der Waals surface area contributed by atoms with E-state index in [1.54, 1.807) is 0 Å². The van der Waals surface area contributed by atoms with Crippen LogP contribution < -0.4 is 10.5 Å². The van der Waals surface area contributed by atoms with Crippen LogP contribution in [-0.4, -0.2) is 19.6 Å². The Morgan fingerprint density at radius 1 is 1.05 bits per heavy atom. The number of anilines is 1. The molecule has 108 valence electrons. The molecule has 1 aromatic carbocycles. The van der Waals surface area contributed by atoms with Crippen molar-refractivity contribution in [1.29, 1.82) is 0 Å². The maximum atomic E-state index is 12.6. The van der Waals surface area contributed by atoms with Crippen LogP contribution >= 0.6 is 0 Å². The van der Waals surface area contributed by atoms with Gasteiger partial charge in [0.2, 0.25) is 0 Å². The van der Waals surface area contributed by atoms with Crippen LogP contribution in [0.4, 0.5) is 32.0 Å². The average Bonchev–Trinajstić information content (AvgIpc) is 2.23. The lowest BCUT2D eigenvalue weighted by atomic mass is 10.1. The predicted octanol–water partition coefficient (Wildman–Crippen LogP) is 3.20. The molecule has 2 N–H and O–H groups in total. The van der Waals surface area contributed by atoms with Crippen molar-refractivity contribution in [2.75, 3.05) is 19.1 Å². The summed E-state index contributed by atoms with van der Waals surface area (Å²) in [6, 6.07) is 2.67. The highest BCUT2D eigenvalue weighted by Gasteiger charge is 2.34. The molecule has 0 aliphatic rings. The molecule has 0 amide bonds. The topological polar surface area (TPSA) is 44.5 Å². The second-order valence-corrected chi connectivity index (χ2v) is 3.48. The first-order chi connectivity index (χ1) is 8.59. The molecule has 0 radical (unpaired) electrons. The smallest absolute Gasteiger partial charge is 0.420 e. The summed E-state index contributed by atoms with van der Waals surface area (Å²) >= 11 is 0. The number of nitrogen functional groups attached to an aromatic ring is 1. The Morgan fingerprint density at radius 2 is 1.68 bits per heavy atom. The minimum Gasteiger partial charge on any atom is -0.467 e. The molecule has 0 heterocycles. The summed E-state index contributed by atoms with van der Waals surface area (Å²) in [6.07, 6.45) is -9.30. The second kappa shape index (κ2) is 5.55. The lowest BCUT2D eigenvalue weighted by Gasteiger charge is -2.15. The first kappa shape index (κ1) is 15.4. The van der Waals surface area contributed by atoms with E-state index in [0.717, 1.165) is 12.1 Å². The summed E-state index contributed by atoms with van der Waals surface area (Å²) in [5, 5.41) is 0. The van der Waals surface area contributed by atoms with E-state index in [9.17, 15) is 26.3 Å². The summed E-state index contributed by atoms with van der Waals surface area (Å²) in [6.45, 7) is -2.56. The highest BCUT2D eigenvalue weighted by molar-refractivity contribution is 5.49. The van der Waals surface area contributed by atoms with Gasteiger partial charge in [-0.1, -0.05) is 0 Å². The zero-order valence-corrected chi connectivity index (χ0v) is 9.31. The molecular weight excluding hydrogens is 280 g/mol. The quantitative estimate of drug-likeness (QED) is 0.400. The third kappa shape index (κ3) is 5.25. The van der Waals surface area contributed by atoms with E-state index in [0.29, 0.717) is 6.07 Å². The molecule has 0 spiro atoms. The molecule has 1 aromatic rings.